The van der Waals surface area contributed by atoms with Gasteiger partial charge in [0.05, 0.1) is 24.1 Å². The van der Waals surface area contributed by atoms with Crippen molar-refractivity contribution in [3.63, 3.8) is 0 Å². The van der Waals surface area contributed by atoms with Gasteiger partial charge in [-0.1, -0.05) is 12.1 Å². The number of nitrogens with two attached hydrogens (primary N) is 1. The minimum atomic E-state index is 0.701. The molecule has 2 N–H and O–H groups in total. The maximum Gasteiger partial charge on any atom is 0.0598 e. The highest BCUT2D eigenvalue weighted by molar-refractivity contribution is 5.48. The average Bonchev–Trinajstić information content (AvgIpc) is 2.32. The fraction of sp³-hybridized carbons (Fsp3) is 0.214. The molecule has 0 fully saturated rings. The first kappa shape index (κ1) is 11.5. The minimum Gasteiger partial charge on any atom is -0.397 e. The lowest BCUT2D eigenvalue weighted by Crippen LogP contribution is -2.17. The normalized spacial score (nSPS) is 10.2. The van der Waals surface area contributed by atoms with E-state index in [-0.39, 0.29) is 0 Å². The van der Waals surface area contributed by atoms with Gasteiger partial charge < -0.3 is 10.6 Å². The number of hydrogen-bond donors (Lipinski definition) is 1. The molecule has 0 aliphatic rings. The van der Waals surface area contributed by atoms with E-state index in [1.807, 2.05) is 12.1 Å². The molecule has 17 heavy (non-hydrogen) atoms. The zero-order chi connectivity index (χ0) is 12.3. The summed E-state index contributed by atoms with van der Waals surface area (Å²) in [5.41, 5.74) is 9.79. The van der Waals surface area contributed by atoms with E-state index < -0.39 is 0 Å². The highest BCUT2D eigenvalue weighted by Gasteiger charge is 2.02. The molecule has 1 aromatic carbocycles. The summed E-state index contributed by atoms with van der Waals surface area (Å²) in [6, 6.07) is 12.3. The Balaban J connectivity index is 2.11. The molecule has 0 aliphatic heterocycles. The number of pyridine rings is 1. The van der Waals surface area contributed by atoms with Crippen molar-refractivity contribution in [2.75, 3.05) is 17.7 Å². The molecule has 0 unspecified atom stereocenters. The molecule has 3 heteroatoms. The van der Waals surface area contributed by atoms with Crippen LogP contribution in [0.15, 0.2) is 42.6 Å². The van der Waals surface area contributed by atoms with E-state index in [1.54, 1.807) is 6.20 Å². The first-order chi connectivity index (χ1) is 8.15. The number of anilines is 2. The summed E-state index contributed by atoms with van der Waals surface area (Å²) in [7, 11) is 2.06. The molecule has 3 nitrogen and oxygen atoms in total. The Morgan fingerprint density at radius 1 is 1.24 bits per heavy atom. The second-order valence-electron chi connectivity index (χ2n) is 4.28. The van der Waals surface area contributed by atoms with Crippen LogP contribution in [0, 0.1) is 6.92 Å². The fourth-order valence-electron chi connectivity index (χ4n) is 1.73. The highest BCUT2D eigenvalue weighted by Crippen LogP contribution is 2.16. The molecule has 0 atom stereocenters. The molecule has 0 aliphatic carbocycles. The zero-order valence-corrected chi connectivity index (χ0v) is 10.2. The van der Waals surface area contributed by atoms with Gasteiger partial charge in [0.2, 0.25) is 0 Å². The largest absolute Gasteiger partial charge is 0.397 e. The summed E-state index contributed by atoms with van der Waals surface area (Å²) < 4.78 is 0. The van der Waals surface area contributed by atoms with Crippen LogP contribution in [0.2, 0.25) is 0 Å². The molecule has 0 saturated carbocycles. The summed E-state index contributed by atoms with van der Waals surface area (Å²) in [6.45, 7) is 2.88. The van der Waals surface area contributed by atoms with Crippen molar-refractivity contribution in [1.29, 1.82) is 0 Å². The van der Waals surface area contributed by atoms with E-state index in [4.69, 9.17) is 5.73 Å². The number of hydrogen-bond acceptors (Lipinski definition) is 3. The molecular weight excluding hydrogens is 210 g/mol. The molecule has 1 aromatic heterocycles. The topological polar surface area (TPSA) is 42.1 Å². The van der Waals surface area contributed by atoms with Crippen LogP contribution in [0.4, 0.5) is 11.4 Å². The zero-order valence-electron chi connectivity index (χ0n) is 10.2. The Morgan fingerprint density at radius 3 is 2.71 bits per heavy atom. The van der Waals surface area contributed by atoms with Crippen LogP contribution in [0.1, 0.15) is 11.3 Å². The van der Waals surface area contributed by atoms with Crippen molar-refractivity contribution < 1.29 is 0 Å². The molecule has 0 bridgehead atoms. The first-order valence-electron chi connectivity index (χ1n) is 5.63. The number of nitrogen functional groups attached to an aromatic ring is 1. The van der Waals surface area contributed by atoms with Gasteiger partial charge in [-0.3, -0.25) is 4.98 Å². The lowest BCUT2D eigenvalue weighted by atomic mass is 10.2. The van der Waals surface area contributed by atoms with E-state index in [9.17, 15) is 0 Å². The van der Waals surface area contributed by atoms with Gasteiger partial charge in [-0.05, 0) is 36.8 Å². The van der Waals surface area contributed by atoms with E-state index in [1.165, 1.54) is 11.3 Å². The van der Waals surface area contributed by atoms with Gasteiger partial charge in [-0.25, -0.2) is 0 Å². The second kappa shape index (κ2) is 4.87. The van der Waals surface area contributed by atoms with Crippen LogP contribution in [-0.2, 0) is 6.54 Å². The second-order valence-corrected chi connectivity index (χ2v) is 4.28. The molecule has 0 saturated heterocycles. The number of benzene rings is 1. The molecule has 0 spiro atoms. The Bertz CT molecular complexity index is 491. The molecule has 0 radical (unpaired) electrons. The van der Waals surface area contributed by atoms with E-state index >= 15 is 0 Å². The summed E-state index contributed by atoms with van der Waals surface area (Å²) in [4.78, 5) is 6.47. The standard InChI is InChI=1S/C14H17N3/c1-11-4-3-5-14(8-11)17(2)10-13-7-6-12(15)9-16-13/h3-9H,10,15H2,1-2H3. The fourth-order valence-corrected chi connectivity index (χ4v) is 1.73. The monoisotopic (exact) mass is 227 g/mol. The van der Waals surface area contributed by atoms with Crippen molar-refractivity contribution in [3.8, 4) is 0 Å². The quantitative estimate of drug-likeness (QED) is 0.876. The smallest absolute Gasteiger partial charge is 0.0598 e. The van der Waals surface area contributed by atoms with Crippen molar-refractivity contribution in [2.45, 2.75) is 13.5 Å². The van der Waals surface area contributed by atoms with Crippen LogP contribution in [0.25, 0.3) is 0 Å². The summed E-state index contributed by atoms with van der Waals surface area (Å²) in [5, 5.41) is 0. The third-order valence-electron chi connectivity index (χ3n) is 2.69. The lowest BCUT2D eigenvalue weighted by Gasteiger charge is -2.19. The summed E-state index contributed by atoms with van der Waals surface area (Å²) >= 11 is 0. The third kappa shape index (κ3) is 2.97. The molecule has 0 amide bonds. The van der Waals surface area contributed by atoms with Gasteiger partial charge in [0, 0.05) is 12.7 Å². The minimum absolute atomic E-state index is 0.701. The van der Waals surface area contributed by atoms with Gasteiger partial charge in [0.25, 0.3) is 0 Å². The highest BCUT2D eigenvalue weighted by atomic mass is 15.1. The van der Waals surface area contributed by atoms with Gasteiger partial charge in [0.1, 0.15) is 0 Å². The predicted molar refractivity (Wildman–Crippen MR) is 71.9 cm³/mol. The molecule has 88 valence electrons. The predicted octanol–water partition coefficient (Wildman–Crippen LogP) is 2.61. The summed E-state index contributed by atoms with van der Waals surface area (Å²) in [5.74, 6) is 0. The average molecular weight is 227 g/mol. The van der Waals surface area contributed by atoms with Gasteiger partial charge >= 0.3 is 0 Å². The molecule has 1 heterocycles. The summed E-state index contributed by atoms with van der Waals surface area (Å²) in [6.07, 6.45) is 1.69. The number of aryl methyl sites for hydroxylation is 1. The number of rotatable bonds is 3. The van der Waals surface area contributed by atoms with Gasteiger partial charge in [-0.15, -0.1) is 0 Å². The van der Waals surface area contributed by atoms with Crippen LogP contribution in [0.3, 0.4) is 0 Å². The van der Waals surface area contributed by atoms with Crippen molar-refractivity contribution in [2.24, 2.45) is 0 Å². The van der Waals surface area contributed by atoms with Gasteiger partial charge in [-0.2, -0.15) is 0 Å². The van der Waals surface area contributed by atoms with Crippen molar-refractivity contribution in [3.05, 3.63) is 53.9 Å². The van der Waals surface area contributed by atoms with Crippen molar-refractivity contribution >= 4 is 11.4 Å². The molecule has 2 aromatic rings. The maximum atomic E-state index is 5.61. The maximum absolute atomic E-state index is 5.61. The molecular formula is C14H17N3. The van der Waals surface area contributed by atoms with E-state index in [0.29, 0.717) is 5.69 Å². The third-order valence-corrected chi connectivity index (χ3v) is 2.69. The van der Waals surface area contributed by atoms with Crippen molar-refractivity contribution in [1.82, 2.24) is 4.98 Å². The number of aromatic nitrogens is 1. The Morgan fingerprint density at radius 2 is 2.06 bits per heavy atom. The number of nitrogens with zero attached hydrogens (tertiary/aromatic N) is 2. The van der Waals surface area contributed by atoms with Crippen LogP contribution < -0.4 is 10.6 Å². The Kier molecular flexibility index (Phi) is 3.28. The van der Waals surface area contributed by atoms with Crippen LogP contribution in [0.5, 0.6) is 0 Å². The Labute approximate surface area is 102 Å². The van der Waals surface area contributed by atoms with Crippen LogP contribution in [-0.4, -0.2) is 12.0 Å². The van der Waals surface area contributed by atoms with Crippen LogP contribution >= 0.6 is 0 Å². The lowest BCUT2D eigenvalue weighted by molar-refractivity contribution is 0.885. The molecule has 2 rings (SSSR count). The first-order valence-corrected chi connectivity index (χ1v) is 5.63. The van der Waals surface area contributed by atoms with Gasteiger partial charge in [0.15, 0.2) is 0 Å². The Hall–Kier alpha value is -2.03. The van der Waals surface area contributed by atoms with E-state index in [2.05, 4.69) is 48.1 Å². The van der Waals surface area contributed by atoms with E-state index in [0.717, 1.165) is 12.2 Å². The SMILES string of the molecule is Cc1cccc(N(C)Cc2ccc(N)cn2)c1.